The summed E-state index contributed by atoms with van der Waals surface area (Å²) in [6, 6.07) is 15.1. The molecule has 2 heterocycles. The Morgan fingerprint density at radius 2 is 1.79 bits per heavy atom. The molecule has 0 bridgehead atoms. The van der Waals surface area contributed by atoms with Crippen molar-refractivity contribution in [2.45, 2.75) is 25.3 Å². The van der Waals surface area contributed by atoms with Crippen LogP contribution in [0.5, 0.6) is 11.5 Å². The first-order valence-electron chi connectivity index (χ1n) is 9.73. The molecule has 4 rings (SSSR count). The normalized spacial score (nSPS) is 18.6. The highest BCUT2D eigenvalue weighted by molar-refractivity contribution is 5.95. The van der Waals surface area contributed by atoms with Crippen molar-refractivity contribution in [1.29, 1.82) is 0 Å². The van der Waals surface area contributed by atoms with Crippen LogP contribution in [-0.2, 0) is 4.79 Å². The van der Waals surface area contributed by atoms with E-state index in [9.17, 15) is 9.59 Å². The maximum absolute atomic E-state index is 12.8. The number of aryl methyl sites for hydroxylation is 1. The Morgan fingerprint density at radius 1 is 1.04 bits per heavy atom. The highest BCUT2D eigenvalue weighted by Crippen LogP contribution is 2.26. The van der Waals surface area contributed by atoms with Crippen molar-refractivity contribution >= 4 is 11.8 Å². The van der Waals surface area contributed by atoms with Crippen LogP contribution < -0.4 is 15.4 Å². The van der Waals surface area contributed by atoms with E-state index in [1.54, 1.807) is 12.1 Å². The number of carbonyl (C=O) groups is 2. The maximum atomic E-state index is 12.8. The van der Waals surface area contributed by atoms with Crippen LogP contribution in [0.3, 0.4) is 0 Å². The lowest BCUT2D eigenvalue weighted by molar-refractivity contribution is -0.131. The lowest BCUT2D eigenvalue weighted by Crippen LogP contribution is -2.66. The number of hydrogen-bond donors (Lipinski definition) is 2. The number of ether oxygens (including phenoxy) is 1. The smallest absolute Gasteiger partial charge is 0.253 e. The first-order chi connectivity index (χ1) is 13.6. The second-order valence-electron chi connectivity index (χ2n) is 7.50. The molecular formula is C22H25N3O3. The molecule has 2 aromatic rings. The molecule has 146 valence electrons. The van der Waals surface area contributed by atoms with Gasteiger partial charge in [-0.15, -0.1) is 0 Å². The quantitative estimate of drug-likeness (QED) is 0.860. The molecule has 2 aromatic carbocycles. The number of piperazine rings is 1. The highest BCUT2D eigenvalue weighted by Gasteiger charge is 2.43. The van der Waals surface area contributed by atoms with Gasteiger partial charge < -0.3 is 20.3 Å². The minimum atomic E-state index is -0.513. The Bertz CT molecular complexity index is 871. The standard InChI is InChI=1S/C22H25N3O3/c1-16-3-2-4-19(15-16)28-18-7-5-17(6-8-18)20(26)25-13-9-22(10-14-25)21(27)23-11-12-24-22/h2-8,15,24H,9-14H2,1H3,(H,23,27). The van der Waals surface area contributed by atoms with Gasteiger partial charge in [-0.05, 0) is 61.7 Å². The van der Waals surface area contributed by atoms with E-state index in [4.69, 9.17) is 4.74 Å². The molecule has 0 saturated carbocycles. The SMILES string of the molecule is Cc1cccc(Oc2ccc(C(=O)N3CCC4(CC3)NCCNC4=O)cc2)c1. The van der Waals surface area contributed by atoms with Crippen LogP contribution in [0.4, 0.5) is 0 Å². The predicted molar refractivity (Wildman–Crippen MR) is 107 cm³/mol. The zero-order valence-corrected chi connectivity index (χ0v) is 16.0. The Kier molecular flexibility index (Phi) is 5.05. The first kappa shape index (κ1) is 18.5. The summed E-state index contributed by atoms with van der Waals surface area (Å²) in [4.78, 5) is 26.9. The molecule has 2 aliphatic heterocycles. The molecule has 28 heavy (non-hydrogen) atoms. The van der Waals surface area contributed by atoms with Crippen molar-refractivity contribution in [2.24, 2.45) is 0 Å². The molecule has 2 saturated heterocycles. The Balaban J connectivity index is 1.38. The number of likely N-dealkylation sites (tertiary alicyclic amines) is 1. The summed E-state index contributed by atoms with van der Waals surface area (Å²) in [6.07, 6.45) is 1.28. The molecule has 6 heteroatoms. The van der Waals surface area contributed by atoms with Crippen LogP contribution >= 0.6 is 0 Å². The van der Waals surface area contributed by atoms with Crippen molar-refractivity contribution in [2.75, 3.05) is 26.2 Å². The molecule has 0 aliphatic carbocycles. The van der Waals surface area contributed by atoms with Crippen LogP contribution in [0.2, 0.25) is 0 Å². The van der Waals surface area contributed by atoms with Crippen LogP contribution in [-0.4, -0.2) is 48.4 Å². The van der Waals surface area contributed by atoms with Gasteiger partial charge in [0, 0.05) is 31.7 Å². The van der Waals surface area contributed by atoms with E-state index >= 15 is 0 Å². The topological polar surface area (TPSA) is 70.7 Å². The van der Waals surface area contributed by atoms with Gasteiger partial charge in [-0.1, -0.05) is 12.1 Å². The van der Waals surface area contributed by atoms with Gasteiger partial charge in [0.25, 0.3) is 5.91 Å². The number of nitrogens with one attached hydrogen (secondary N) is 2. The molecule has 2 aliphatic rings. The lowest BCUT2D eigenvalue weighted by atomic mass is 9.85. The van der Waals surface area contributed by atoms with E-state index in [2.05, 4.69) is 10.6 Å². The van der Waals surface area contributed by atoms with Crippen molar-refractivity contribution in [3.8, 4) is 11.5 Å². The fourth-order valence-corrected chi connectivity index (χ4v) is 3.89. The number of hydrogen-bond acceptors (Lipinski definition) is 4. The van der Waals surface area contributed by atoms with E-state index in [0.717, 1.165) is 17.9 Å². The summed E-state index contributed by atoms with van der Waals surface area (Å²) < 4.78 is 5.85. The second-order valence-corrected chi connectivity index (χ2v) is 7.50. The fraction of sp³-hybridized carbons (Fsp3) is 0.364. The van der Waals surface area contributed by atoms with Crippen LogP contribution in [0.1, 0.15) is 28.8 Å². The van der Waals surface area contributed by atoms with Gasteiger partial charge in [-0.25, -0.2) is 0 Å². The average Bonchev–Trinajstić information content (AvgIpc) is 2.71. The second kappa shape index (κ2) is 7.64. The Labute approximate surface area is 164 Å². The molecule has 6 nitrogen and oxygen atoms in total. The van der Waals surface area contributed by atoms with Gasteiger partial charge >= 0.3 is 0 Å². The van der Waals surface area contributed by atoms with E-state index in [-0.39, 0.29) is 11.8 Å². The average molecular weight is 379 g/mol. The summed E-state index contributed by atoms with van der Waals surface area (Å²) in [7, 11) is 0. The van der Waals surface area contributed by atoms with Crippen molar-refractivity contribution in [3.63, 3.8) is 0 Å². The summed E-state index contributed by atoms with van der Waals surface area (Å²) in [6.45, 7) is 4.60. The van der Waals surface area contributed by atoms with E-state index in [1.807, 2.05) is 48.2 Å². The maximum Gasteiger partial charge on any atom is 0.253 e. The number of carbonyl (C=O) groups excluding carboxylic acids is 2. The van der Waals surface area contributed by atoms with Gasteiger partial charge in [-0.2, -0.15) is 0 Å². The summed E-state index contributed by atoms with van der Waals surface area (Å²) in [5.74, 6) is 1.53. The molecule has 0 unspecified atom stereocenters. The number of amides is 2. The Morgan fingerprint density at radius 3 is 2.46 bits per heavy atom. The zero-order chi connectivity index (χ0) is 19.6. The summed E-state index contributed by atoms with van der Waals surface area (Å²) in [5.41, 5.74) is 1.25. The molecule has 2 N–H and O–H groups in total. The molecule has 0 atom stereocenters. The molecule has 1 spiro atoms. The molecule has 2 amide bonds. The van der Waals surface area contributed by atoms with Gasteiger partial charge in [0.2, 0.25) is 5.91 Å². The number of piperidine rings is 1. The molecule has 0 radical (unpaired) electrons. The third-order valence-corrected chi connectivity index (χ3v) is 5.54. The van der Waals surface area contributed by atoms with Crippen molar-refractivity contribution < 1.29 is 14.3 Å². The highest BCUT2D eigenvalue weighted by atomic mass is 16.5. The number of nitrogens with zero attached hydrogens (tertiary/aromatic N) is 1. The minimum absolute atomic E-state index is 0.00632. The van der Waals surface area contributed by atoms with Gasteiger partial charge in [0.15, 0.2) is 0 Å². The minimum Gasteiger partial charge on any atom is -0.457 e. The zero-order valence-electron chi connectivity index (χ0n) is 16.0. The van der Waals surface area contributed by atoms with Crippen molar-refractivity contribution in [3.05, 3.63) is 59.7 Å². The van der Waals surface area contributed by atoms with Crippen LogP contribution in [0, 0.1) is 6.92 Å². The van der Waals surface area contributed by atoms with Crippen molar-refractivity contribution in [1.82, 2.24) is 15.5 Å². The monoisotopic (exact) mass is 379 g/mol. The van der Waals surface area contributed by atoms with Gasteiger partial charge in [0.1, 0.15) is 17.0 Å². The molecular weight excluding hydrogens is 354 g/mol. The number of rotatable bonds is 3. The fourth-order valence-electron chi connectivity index (χ4n) is 3.89. The van der Waals surface area contributed by atoms with Crippen LogP contribution in [0.25, 0.3) is 0 Å². The predicted octanol–water partition coefficient (Wildman–Crippen LogP) is 2.48. The van der Waals surface area contributed by atoms with E-state index in [0.29, 0.717) is 43.8 Å². The van der Waals surface area contributed by atoms with E-state index in [1.165, 1.54) is 0 Å². The summed E-state index contributed by atoms with van der Waals surface area (Å²) >= 11 is 0. The number of benzene rings is 2. The Hall–Kier alpha value is -2.86. The first-order valence-corrected chi connectivity index (χ1v) is 9.73. The van der Waals surface area contributed by atoms with Gasteiger partial charge in [-0.3, -0.25) is 9.59 Å². The van der Waals surface area contributed by atoms with Gasteiger partial charge in [0.05, 0.1) is 0 Å². The third kappa shape index (κ3) is 3.73. The molecule has 0 aromatic heterocycles. The molecule has 2 fully saturated rings. The van der Waals surface area contributed by atoms with E-state index < -0.39 is 5.54 Å². The third-order valence-electron chi connectivity index (χ3n) is 5.54. The largest absolute Gasteiger partial charge is 0.457 e. The van der Waals surface area contributed by atoms with Crippen LogP contribution in [0.15, 0.2) is 48.5 Å². The summed E-state index contributed by atoms with van der Waals surface area (Å²) in [5, 5.41) is 6.28. The lowest BCUT2D eigenvalue weighted by Gasteiger charge is -2.43.